The number of aliphatic imine (C=N–C) groups is 1. The summed E-state index contributed by atoms with van der Waals surface area (Å²) in [7, 11) is 1.83. The van der Waals surface area contributed by atoms with E-state index in [9.17, 15) is 0 Å². The third kappa shape index (κ3) is 5.06. The van der Waals surface area contributed by atoms with Gasteiger partial charge in [0.2, 0.25) is 0 Å². The van der Waals surface area contributed by atoms with E-state index in [0.717, 1.165) is 19.0 Å². The largest absolute Gasteiger partial charge is 0.354 e. The highest BCUT2D eigenvalue weighted by Gasteiger charge is 2.24. The predicted molar refractivity (Wildman–Crippen MR) is 107 cm³/mol. The second kappa shape index (κ2) is 9.02. The molecular formula is C20H28N4S. The molecule has 2 N–H and O–H groups in total. The van der Waals surface area contributed by atoms with E-state index in [1.54, 1.807) is 0 Å². The van der Waals surface area contributed by atoms with Gasteiger partial charge in [0, 0.05) is 25.0 Å². The molecule has 2 aromatic rings. The summed E-state index contributed by atoms with van der Waals surface area (Å²) in [5.41, 5.74) is 2.56. The average Bonchev–Trinajstić information content (AvgIpc) is 3.32. The molecule has 25 heavy (non-hydrogen) atoms. The van der Waals surface area contributed by atoms with Gasteiger partial charge in [-0.05, 0) is 49.9 Å². The summed E-state index contributed by atoms with van der Waals surface area (Å²) >= 11 is 1.85. The number of nitrogens with zero attached hydrogens (tertiary/aromatic N) is 2. The molecule has 5 heteroatoms. The van der Waals surface area contributed by atoms with Gasteiger partial charge in [0.15, 0.2) is 5.96 Å². The molecule has 0 aliphatic carbocycles. The fraction of sp³-hybridized carbons (Fsp3) is 0.450. The zero-order valence-electron chi connectivity index (χ0n) is 15.2. The second-order valence-corrected chi connectivity index (χ2v) is 7.55. The van der Waals surface area contributed by atoms with Crippen LogP contribution in [0.4, 0.5) is 0 Å². The lowest BCUT2D eigenvalue weighted by molar-refractivity contribution is 0.249. The first-order valence-corrected chi connectivity index (χ1v) is 9.92. The Kier molecular flexibility index (Phi) is 6.48. The molecule has 1 unspecified atom stereocenters. The first-order chi connectivity index (χ1) is 12.3. The minimum Gasteiger partial charge on any atom is -0.354 e. The van der Waals surface area contributed by atoms with Crippen molar-refractivity contribution in [2.45, 2.75) is 32.4 Å². The Labute approximate surface area is 155 Å². The smallest absolute Gasteiger partial charge is 0.191 e. The predicted octanol–water partition coefficient (Wildman–Crippen LogP) is 3.56. The molecule has 0 amide bonds. The van der Waals surface area contributed by atoms with Gasteiger partial charge in [0.05, 0.1) is 6.04 Å². The van der Waals surface area contributed by atoms with E-state index < -0.39 is 0 Å². The summed E-state index contributed by atoms with van der Waals surface area (Å²) in [5, 5.41) is 9.12. The molecule has 1 aliphatic heterocycles. The van der Waals surface area contributed by atoms with Gasteiger partial charge in [-0.2, -0.15) is 0 Å². The quantitative estimate of drug-likeness (QED) is 0.614. The molecule has 4 nitrogen and oxygen atoms in total. The van der Waals surface area contributed by atoms with Crippen LogP contribution in [0.25, 0.3) is 0 Å². The molecule has 3 rings (SSSR count). The number of rotatable bonds is 6. The van der Waals surface area contributed by atoms with Crippen LogP contribution in [0.2, 0.25) is 0 Å². The lowest BCUT2D eigenvalue weighted by Crippen LogP contribution is -2.42. The second-order valence-electron chi connectivity index (χ2n) is 6.57. The van der Waals surface area contributed by atoms with Gasteiger partial charge in [-0.1, -0.05) is 35.9 Å². The Morgan fingerprint density at radius 2 is 2.04 bits per heavy atom. The molecule has 134 valence electrons. The first kappa shape index (κ1) is 18.0. The van der Waals surface area contributed by atoms with E-state index in [2.05, 4.69) is 69.2 Å². The number of hydrogen-bond acceptors (Lipinski definition) is 3. The van der Waals surface area contributed by atoms with Gasteiger partial charge in [-0.15, -0.1) is 11.3 Å². The van der Waals surface area contributed by atoms with E-state index in [0.29, 0.717) is 6.04 Å². The summed E-state index contributed by atoms with van der Waals surface area (Å²) < 4.78 is 0. The van der Waals surface area contributed by atoms with Crippen LogP contribution in [0, 0.1) is 6.92 Å². The molecule has 1 atom stereocenters. The van der Waals surface area contributed by atoms with Crippen molar-refractivity contribution in [1.29, 1.82) is 0 Å². The minimum absolute atomic E-state index is 0.431. The summed E-state index contributed by atoms with van der Waals surface area (Å²) in [4.78, 5) is 8.41. The van der Waals surface area contributed by atoms with Gasteiger partial charge in [-0.25, -0.2) is 0 Å². The maximum atomic E-state index is 4.38. The van der Waals surface area contributed by atoms with Gasteiger partial charge in [0.1, 0.15) is 0 Å². The lowest BCUT2D eigenvalue weighted by atomic mass is 10.1. The Morgan fingerprint density at radius 3 is 2.72 bits per heavy atom. The maximum absolute atomic E-state index is 4.38. The molecule has 0 radical (unpaired) electrons. The van der Waals surface area contributed by atoms with Crippen LogP contribution in [0.1, 0.15) is 34.9 Å². The number of thiophene rings is 1. The topological polar surface area (TPSA) is 39.7 Å². The zero-order valence-corrected chi connectivity index (χ0v) is 16.0. The third-order valence-electron chi connectivity index (χ3n) is 4.68. The number of likely N-dealkylation sites (tertiary alicyclic amines) is 1. The monoisotopic (exact) mass is 356 g/mol. The summed E-state index contributed by atoms with van der Waals surface area (Å²) in [6.07, 6.45) is 2.62. The number of hydrogen-bond donors (Lipinski definition) is 2. The first-order valence-electron chi connectivity index (χ1n) is 9.04. The van der Waals surface area contributed by atoms with Crippen molar-refractivity contribution in [2.24, 2.45) is 4.99 Å². The molecule has 1 aromatic heterocycles. The van der Waals surface area contributed by atoms with Gasteiger partial charge in [0.25, 0.3) is 0 Å². The summed E-state index contributed by atoms with van der Waals surface area (Å²) in [6.45, 7) is 6.18. The molecule has 1 aliphatic rings. The molecule has 1 aromatic carbocycles. The number of benzene rings is 1. The Bertz CT molecular complexity index is 675. The van der Waals surface area contributed by atoms with Crippen LogP contribution in [0.15, 0.2) is 46.8 Å². The van der Waals surface area contributed by atoms with Crippen molar-refractivity contribution in [1.82, 2.24) is 15.5 Å². The molecule has 2 heterocycles. The van der Waals surface area contributed by atoms with Crippen molar-refractivity contribution < 1.29 is 0 Å². The Hall–Kier alpha value is -1.85. The van der Waals surface area contributed by atoms with Gasteiger partial charge >= 0.3 is 0 Å². The van der Waals surface area contributed by atoms with Gasteiger partial charge in [-0.3, -0.25) is 9.89 Å². The van der Waals surface area contributed by atoms with Crippen LogP contribution in [0.5, 0.6) is 0 Å². The number of guanidine groups is 1. The standard InChI is InChI=1S/C20H28N4S/c1-16-7-5-8-17(13-16)14-22-20(21-2)23-15-18(19-9-6-12-25-19)24-10-3-4-11-24/h5-9,12-13,18H,3-4,10-11,14-15H2,1-2H3,(H2,21,22,23). The van der Waals surface area contributed by atoms with E-state index in [-0.39, 0.29) is 0 Å². The van der Waals surface area contributed by atoms with E-state index in [4.69, 9.17) is 0 Å². The highest BCUT2D eigenvalue weighted by Crippen LogP contribution is 2.27. The average molecular weight is 357 g/mol. The number of aryl methyl sites for hydroxylation is 1. The maximum Gasteiger partial charge on any atom is 0.191 e. The lowest BCUT2D eigenvalue weighted by Gasteiger charge is -2.27. The van der Waals surface area contributed by atoms with E-state index in [1.165, 1.54) is 41.9 Å². The van der Waals surface area contributed by atoms with Crippen LogP contribution in [-0.4, -0.2) is 37.5 Å². The Morgan fingerprint density at radius 1 is 1.20 bits per heavy atom. The van der Waals surface area contributed by atoms with Crippen LogP contribution >= 0.6 is 11.3 Å². The van der Waals surface area contributed by atoms with Crippen molar-refractivity contribution in [3.8, 4) is 0 Å². The summed E-state index contributed by atoms with van der Waals surface area (Å²) in [5.74, 6) is 0.863. The fourth-order valence-corrected chi connectivity index (χ4v) is 4.23. The minimum atomic E-state index is 0.431. The SMILES string of the molecule is CN=C(NCc1cccc(C)c1)NCC(c1cccs1)N1CCCC1. The molecule has 0 spiro atoms. The fourth-order valence-electron chi connectivity index (χ4n) is 3.37. The van der Waals surface area contributed by atoms with Crippen molar-refractivity contribution in [2.75, 3.05) is 26.7 Å². The highest BCUT2D eigenvalue weighted by molar-refractivity contribution is 7.10. The van der Waals surface area contributed by atoms with Crippen molar-refractivity contribution in [3.63, 3.8) is 0 Å². The van der Waals surface area contributed by atoms with Crippen LogP contribution in [-0.2, 0) is 6.54 Å². The van der Waals surface area contributed by atoms with Crippen LogP contribution < -0.4 is 10.6 Å². The molecule has 0 bridgehead atoms. The molecular weight excluding hydrogens is 328 g/mol. The Balaban J connectivity index is 1.57. The third-order valence-corrected chi connectivity index (χ3v) is 5.66. The van der Waals surface area contributed by atoms with E-state index in [1.807, 2.05) is 18.4 Å². The molecule has 1 saturated heterocycles. The number of nitrogens with one attached hydrogen (secondary N) is 2. The molecule has 0 saturated carbocycles. The zero-order chi connectivity index (χ0) is 17.5. The highest BCUT2D eigenvalue weighted by atomic mass is 32.1. The molecule has 1 fully saturated rings. The van der Waals surface area contributed by atoms with E-state index >= 15 is 0 Å². The van der Waals surface area contributed by atoms with Crippen molar-refractivity contribution >= 4 is 17.3 Å². The normalized spacial score (nSPS) is 16.8. The van der Waals surface area contributed by atoms with Gasteiger partial charge < -0.3 is 10.6 Å². The summed E-state index contributed by atoms with van der Waals surface area (Å²) in [6, 6.07) is 13.4. The van der Waals surface area contributed by atoms with Crippen LogP contribution in [0.3, 0.4) is 0 Å². The van der Waals surface area contributed by atoms with Crippen molar-refractivity contribution in [3.05, 3.63) is 57.8 Å².